The molecule has 94 valence electrons. The van der Waals surface area contributed by atoms with Crippen LogP contribution >= 0.6 is 0 Å². The molecule has 2 N–H and O–H groups in total. The Kier molecular flexibility index (Phi) is 2.79. The van der Waals surface area contributed by atoms with Gasteiger partial charge in [-0.25, -0.2) is 28.0 Å². The van der Waals surface area contributed by atoms with Crippen LogP contribution in [0.5, 0.6) is 0 Å². The highest BCUT2D eigenvalue weighted by atomic mass is 32.2. The Morgan fingerprint density at radius 2 is 1.89 bits per heavy atom. The second-order valence-corrected chi connectivity index (χ2v) is 5.25. The van der Waals surface area contributed by atoms with Gasteiger partial charge >= 0.3 is 11.4 Å². The SMILES string of the molecule is CS(=O)(=O)c1nccc(-c2nc(=O)[nH]c(=O)[nH]2)n1. The third kappa shape index (κ3) is 2.48. The van der Waals surface area contributed by atoms with Crippen LogP contribution in [0.4, 0.5) is 0 Å². The number of nitrogens with zero attached hydrogens (tertiary/aromatic N) is 3. The summed E-state index contributed by atoms with van der Waals surface area (Å²) in [6, 6.07) is 1.33. The first-order valence-electron chi connectivity index (χ1n) is 4.60. The quantitative estimate of drug-likeness (QED) is 0.620. The Labute approximate surface area is 99.9 Å². The third-order valence-electron chi connectivity index (χ3n) is 1.87. The second kappa shape index (κ2) is 4.14. The fraction of sp³-hybridized carbons (Fsp3) is 0.125. The molecule has 10 heteroatoms. The van der Waals surface area contributed by atoms with Gasteiger partial charge in [-0.2, -0.15) is 4.98 Å². The summed E-state index contributed by atoms with van der Waals surface area (Å²) in [5.74, 6) is -0.129. The van der Waals surface area contributed by atoms with Crippen LogP contribution in [-0.4, -0.2) is 39.6 Å². The molecule has 0 fully saturated rings. The summed E-state index contributed by atoms with van der Waals surface area (Å²) in [5.41, 5.74) is -1.58. The van der Waals surface area contributed by atoms with Crippen molar-refractivity contribution in [1.82, 2.24) is 24.9 Å². The number of aromatic amines is 2. The number of hydrogen-bond acceptors (Lipinski definition) is 7. The number of hydrogen-bond donors (Lipinski definition) is 2. The van der Waals surface area contributed by atoms with E-state index in [4.69, 9.17) is 0 Å². The molecular formula is C8H7N5O4S. The minimum Gasteiger partial charge on any atom is -0.290 e. The average Bonchev–Trinajstić information content (AvgIpc) is 2.27. The van der Waals surface area contributed by atoms with Crippen LogP contribution in [-0.2, 0) is 9.84 Å². The molecule has 2 rings (SSSR count). The highest BCUT2D eigenvalue weighted by molar-refractivity contribution is 7.90. The van der Waals surface area contributed by atoms with Crippen LogP contribution in [0.3, 0.4) is 0 Å². The largest absolute Gasteiger partial charge is 0.351 e. The molecule has 0 aliphatic heterocycles. The van der Waals surface area contributed by atoms with Crippen molar-refractivity contribution in [3.05, 3.63) is 33.2 Å². The van der Waals surface area contributed by atoms with Crippen molar-refractivity contribution in [3.63, 3.8) is 0 Å². The third-order valence-corrected chi connectivity index (χ3v) is 2.73. The van der Waals surface area contributed by atoms with Gasteiger partial charge in [-0.15, -0.1) is 0 Å². The summed E-state index contributed by atoms with van der Waals surface area (Å²) >= 11 is 0. The van der Waals surface area contributed by atoms with Gasteiger partial charge in [-0.05, 0) is 6.07 Å². The van der Waals surface area contributed by atoms with Crippen molar-refractivity contribution in [2.75, 3.05) is 6.26 Å². The molecule has 0 saturated carbocycles. The molecule has 0 aromatic carbocycles. The molecule has 0 bridgehead atoms. The first-order valence-corrected chi connectivity index (χ1v) is 6.49. The zero-order valence-electron chi connectivity index (χ0n) is 9.04. The molecule has 0 amide bonds. The number of nitrogens with one attached hydrogen (secondary N) is 2. The molecule has 0 radical (unpaired) electrons. The summed E-state index contributed by atoms with van der Waals surface area (Å²) in [6.45, 7) is 0. The van der Waals surface area contributed by atoms with Crippen molar-refractivity contribution < 1.29 is 8.42 Å². The molecule has 2 aromatic rings. The highest BCUT2D eigenvalue weighted by Crippen LogP contribution is 2.10. The maximum Gasteiger partial charge on any atom is 0.351 e. The zero-order chi connectivity index (χ0) is 13.3. The van der Waals surface area contributed by atoms with Gasteiger partial charge in [0, 0.05) is 12.5 Å². The van der Waals surface area contributed by atoms with E-state index in [1.54, 1.807) is 0 Å². The molecule has 0 aliphatic carbocycles. The van der Waals surface area contributed by atoms with Gasteiger partial charge < -0.3 is 0 Å². The van der Waals surface area contributed by atoms with Gasteiger partial charge in [0.15, 0.2) is 5.82 Å². The number of H-pyrrole nitrogens is 2. The van der Waals surface area contributed by atoms with E-state index in [9.17, 15) is 18.0 Å². The number of aromatic nitrogens is 5. The summed E-state index contributed by atoms with van der Waals surface area (Å²) < 4.78 is 22.5. The molecular weight excluding hydrogens is 262 g/mol. The lowest BCUT2D eigenvalue weighted by atomic mass is 10.4. The first kappa shape index (κ1) is 12.1. The molecule has 0 spiro atoms. The smallest absolute Gasteiger partial charge is 0.290 e. The Balaban J connectivity index is 2.65. The minimum absolute atomic E-state index is 0.0358. The molecule has 2 heterocycles. The summed E-state index contributed by atoms with van der Waals surface area (Å²) in [7, 11) is -3.58. The topological polar surface area (TPSA) is 139 Å². The van der Waals surface area contributed by atoms with Crippen molar-refractivity contribution in [1.29, 1.82) is 0 Å². The minimum atomic E-state index is -3.58. The first-order chi connectivity index (χ1) is 8.36. The molecule has 9 nitrogen and oxygen atoms in total. The van der Waals surface area contributed by atoms with Crippen LogP contribution in [0, 0.1) is 0 Å². The van der Waals surface area contributed by atoms with E-state index in [1.165, 1.54) is 12.3 Å². The molecule has 0 unspecified atom stereocenters. The fourth-order valence-corrected chi connectivity index (χ4v) is 1.68. The Morgan fingerprint density at radius 3 is 2.50 bits per heavy atom. The van der Waals surface area contributed by atoms with Crippen LogP contribution in [0.15, 0.2) is 27.0 Å². The van der Waals surface area contributed by atoms with Crippen molar-refractivity contribution in [2.24, 2.45) is 0 Å². The predicted octanol–water partition coefficient (Wildman–Crippen LogP) is -1.68. The summed E-state index contributed by atoms with van der Waals surface area (Å²) in [5, 5.41) is -0.414. The van der Waals surface area contributed by atoms with Gasteiger partial charge in [0.2, 0.25) is 15.0 Å². The second-order valence-electron chi connectivity index (χ2n) is 3.34. The summed E-state index contributed by atoms with van der Waals surface area (Å²) in [6.07, 6.45) is 2.14. The van der Waals surface area contributed by atoms with Gasteiger partial charge in [0.05, 0.1) is 0 Å². The van der Waals surface area contributed by atoms with Crippen molar-refractivity contribution >= 4 is 9.84 Å². The van der Waals surface area contributed by atoms with Crippen LogP contribution in [0.25, 0.3) is 11.5 Å². The molecule has 0 aliphatic rings. The van der Waals surface area contributed by atoms with E-state index < -0.39 is 26.4 Å². The van der Waals surface area contributed by atoms with E-state index in [1.807, 2.05) is 4.98 Å². The molecule has 18 heavy (non-hydrogen) atoms. The Bertz CT molecular complexity index is 778. The van der Waals surface area contributed by atoms with E-state index in [-0.39, 0.29) is 11.5 Å². The monoisotopic (exact) mass is 269 g/mol. The lowest BCUT2D eigenvalue weighted by Gasteiger charge is -2.00. The zero-order valence-corrected chi connectivity index (χ0v) is 9.85. The lowest BCUT2D eigenvalue weighted by molar-refractivity contribution is 0.593. The van der Waals surface area contributed by atoms with Crippen LogP contribution in [0.1, 0.15) is 0 Å². The van der Waals surface area contributed by atoms with E-state index >= 15 is 0 Å². The molecule has 2 aromatic heterocycles. The number of rotatable bonds is 2. The normalized spacial score (nSPS) is 11.4. The van der Waals surface area contributed by atoms with Crippen molar-refractivity contribution in [3.8, 4) is 11.5 Å². The van der Waals surface area contributed by atoms with E-state index in [0.717, 1.165) is 6.26 Å². The van der Waals surface area contributed by atoms with Gasteiger partial charge in [-0.3, -0.25) is 9.97 Å². The molecule has 0 saturated heterocycles. The Hall–Kier alpha value is -2.36. The van der Waals surface area contributed by atoms with E-state index in [0.29, 0.717) is 0 Å². The van der Waals surface area contributed by atoms with Gasteiger partial charge in [0.1, 0.15) is 5.69 Å². The standard InChI is InChI=1S/C8H7N5O4S/c1-18(16,17)8-9-3-2-4(10-8)5-11-6(14)13-7(15)12-5/h2-3H,1H3,(H2,11,12,13,14,15). The van der Waals surface area contributed by atoms with Crippen LogP contribution in [0.2, 0.25) is 0 Å². The maximum absolute atomic E-state index is 11.3. The molecule has 0 atom stereocenters. The summed E-state index contributed by atoms with van der Waals surface area (Å²) in [4.78, 5) is 37.0. The van der Waals surface area contributed by atoms with Crippen molar-refractivity contribution in [2.45, 2.75) is 5.16 Å². The maximum atomic E-state index is 11.3. The van der Waals surface area contributed by atoms with E-state index in [2.05, 4.69) is 19.9 Å². The van der Waals surface area contributed by atoms with Gasteiger partial charge in [0.25, 0.3) is 0 Å². The number of sulfone groups is 1. The van der Waals surface area contributed by atoms with Gasteiger partial charge in [-0.1, -0.05) is 0 Å². The lowest BCUT2D eigenvalue weighted by Crippen LogP contribution is -2.25. The average molecular weight is 269 g/mol. The highest BCUT2D eigenvalue weighted by Gasteiger charge is 2.13. The Morgan fingerprint density at radius 1 is 1.17 bits per heavy atom. The van der Waals surface area contributed by atoms with Crippen LogP contribution < -0.4 is 11.4 Å². The predicted molar refractivity (Wildman–Crippen MR) is 59.6 cm³/mol. The fourth-order valence-electron chi connectivity index (χ4n) is 1.17.